The van der Waals surface area contributed by atoms with Crippen LogP contribution in [0.2, 0.25) is 0 Å². The fourth-order valence-electron chi connectivity index (χ4n) is 0.996. The van der Waals surface area contributed by atoms with Gasteiger partial charge in [0.25, 0.3) is 0 Å². The van der Waals surface area contributed by atoms with Gasteiger partial charge in [-0.15, -0.1) is 11.3 Å². The van der Waals surface area contributed by atoms with Crippen molar-refractivity contribution in [3.05, 3.63) is 11.1 Å². The predicted octanol–water partition coefficient (Wildman–Crippen LogP) is 3.65. The Balaban J connectivity index is 2.79. The first-order valence-electron chi connectivity index (χ1n) is 4.93. The van der Waals surface area contributed by atoms with Crippen molar-refractivity contribution in [1.29, 1.82) is 0 Å². The molecular formula is C11H20N2S. The van der Waals surface area contributed by atoms with Crippen LogP contribution in [0, 0.1) is 0 Å². The number of nitrogens with one attached hydrogen (secondary N) is 1. The number of nitrogens with zero attached hydrogens (tertiary/aromatic N) is 1. The maximum atomic E-state index is 4.57. The molecule has 1 heterocycles. The SMILES string of the molecule is CC(C)(C)Nc1nc(C(C)(C)C)cs1. The quantitative estimate of drug-likeness (QED) is 0.768. The highest BCUT2D eigenvalue weighted by molar-refractivity contribution is 7.13. The Hall–Kier alpha value is -0.570. The molecule has 0 bridgehead atoms. The maximum absolute atomic E-state index is 4.57. The summed E-state index contributed by atoms with van der Waals surface area (Å²) in [7, 11) is 0. The van der Waals surface area contributed by atoms with Crippen molar-refractivity contribution in [3.8, 4) is 0 Å². The van der Waals surface area contributed by atoms with Crippen LogP contribution in [0.3, 0.4) is 0 Å². The Labute approximate surface area is 90.8 Å². The number of anilines is 1. The molecule has 0 saturated heterocycles. The molecule has 2 nitrogen and oxygen atoms in total. The van der Waals surface area contributed by atoms with Crippen LogP contribution in [-0.2, 0) is 5.41 Å². The van der Waals surface area contributed by atoms with Crippen molar-refractivity contribution >= 4 is 16.5 Å². The largest absolute Gasteiger partial charge is 0.357 e. The second-order valence-corrected chi connectivity index (χ2v) is 6.52. The van der Waals surface area contributed by atoms with Gasteiger partial charge in [0.15, 0.2) is 5.13 Å². The van der Waals surface area contributed by atoms with E-state index in [1.54, 1.807) is 11.3 Å². The lowest BCUT2D eigenvalue weighted by Crippen LogP contribution is -2.26. The van der Waals surface area contributed by atoms with Gasteiger partial charge in [-0.3, -0.25) is 0 Å². The van der Waals surface area contributed by atoms with Crippen molar-refractivity contribution in [3.63, 3.8) is 0 Å². The third-order valence-corrected chi connectivity index (χ3v) is 2.51. The van der Waals surface area contributed by atoms with E-state index < -0.39 is 0 Å². The van der Waals surface area contributed by atoms with Crippen LogP contribution in [0.15, 0.2) is 5.38 Å². The Bertz CT molecular complexity index is 302. The van der Waals surface area contributed by atoms with Crippen LogP contribution < -0.4 is 5.32 Å². The molecule has 0 radical (unpaired) electrons. The molecule has 1 N–H and O–H groups in total. The van der Waals surface area contributed by atoms with Gasteiger partial charge < -0.3 is 5.32 Å². The standard InChI is InChI=1S/C11H20N2S/c1-10(2,3)8-7-14-9(12-8)13-11(4,5)6/h7H,1-6H3,(H,12,13). The number of thiazole rings is 1. The normalized spacial score (nSPS) is 13.0. The van der Waals surface area contributed by atoms with Crippen LogP contribution in [0.4, 0.5) is 5.13 Å². The summed E-state index contributed by atoms with van der Waals surface area (Å²) >= 11 is 1.68. The van der Waals surface area contributed by atoms with Crippen molar-refractivity contribution in [1.82, 2.24) is 4.98 Å². The van der Waals surface area contributed by atoms with Crippen LogP contribution >= 0.6 is 11.3 Å². The molecule has 1 rings (SSSR count). The van der Waals surface area contributed by atoms with E-state index in [1.807, 2.05) is 0 Å². The highest BCUT2D eigenvalue weighted by Gasteiger charge is 2.19. The predicted molar refractivity (Wildman–Crippen MR) is 64.2 cm³/mol. The molecule has 0 atom stereocenters. The van der Waals surface area contributed by atoms with Gasteiger partial charge in [-0.25, -0.2) is 4.98 Å². The molecule has 0 aromatic carbocycles. The fourth-order valence-corrected chi connectivity index (χ4v) is 2.14. The fraction of sp³-hybridized carbons (Fsp3) is 0.727. The highest BCUT2D eigenvalue weighted by Crippen LogP contribution is 2.27. The van der Waals surface area contributed by atoms with E-state index in [0.29, 0.717) is 0 Å². The second kappa shape index (κ2) is 3.54. The van der Waals surface area contributed by atoms with Crippen LogP contribution in [0.1, 0.15) is 47.2 Å². The summed E-state index contributed by atoms with van der Waals surface area (Å²) in [5.41, 5.74) is 1.40. The minimum absolute atomic E-state index is 0.0903. The van der Waals surface area contributed by atoms with Crippen molar-refractivity contribution < 1.29 is 0 Å². The number of rotatable bonds is 1. The summed E-state index contributed by atoms with van der Waals surface area (Å²) < 4.78 is 0. The lowest BCUT2D eigenvalue weighted by atomic mass is 9.93. The van der Waals surface area contributed by atoms with E-state index >= 15 is 0 Å². The molecule has 1 aromatic heterocycles. The van der Waals surface area contributed by atoms with Crippen LogP contribution in [0.5, 0.6) is 0 Å². The molecule has 0 saturated carbocycles. The summed E-state index contributed by atoms with van der Waals surface area (Å²) in [5, 5.41) is 6.53. The zero-order valence-electron chi connectivity index (χ0n) is 9.93. The van der Waals surface area contributed by atoms with Gasteiger partial charge in [-0.05, 0) is 20.8 Å². The minimum atomic E-state index is 0.0903. The first-order chi connectivity index (χ1) is 6.18. The van der Waals surface area contributed by atoms with Gasteiger partial charge in [0.2, 0.25) is 0 Å². The molecule has 0 fully saturated rings. The third kappa shape index (κ3) is 3.29. The average Bonchev–Trinajstić information content (AvgIpc) is 2.29. The van der Waals surface area contributed by atoms with E-state index in [9.17, 15) is 0 Å². The average molecular weight is 212 g/mol. The smallest absolute Gasteiger partial charge is 0.183 e. The van der Waals surface area contributed by atoms with E-state index in [0.717, 1.165) is 10.8 Å². The maximum Gasteiger partial charge on any atom is 0.183 e. The second-order valence-electron chi connectivity index (χ2n) is 5.66. The first kappa shape index (κ1) is 11.5. The minimum Gasteiger partial charge on any atom is -0.357 e. The molecule has 0 amide bonds. The zero-order chi connectivity index (χ0) is 11.0. The Morgan fingerprint density at radius 1 is 1.14 bits per heavy atom. The number of aromatic nitrogens is 1. The molecule has 0 aliphatic heterocycles. The van der Waals surface area contributed by atoms with E-state index in [1.165, 1.54) is 0 Å². The molecule has 80 valence electrons. The van der Waals surface area contributed by atoms with Crippen molar-refractivity contribution in [2.45, 2.75) is 52.5 Å². The monoisotopic (exact) mass is 212 g/mol. The van der Waals surface area contributed by atoms with Crippen LogP contribution in [-0.4, -0.2) is 10.5 Å². The summed E-state index contributed by atoms with van der Waals surface area (Å²) in [6.45, 7) is 13.0. The summed E-state index contributed by atoms with van der Waals surface area (Å²) in [4.78, 5) is 4.57. The van der Waals surface area contributed by atoms with Gasteiger partial charge in [0.1, 0.15) is 0 Å². The van der Waals surface area contributed by atoms with Gasteiger partial charge in [0, 0.05) is 16.3 Å². The van der Waals surface area contributed by atoms with Crippen molar-refractivity contribution in [2.24, 2.45) is 0 Å². The number of hydrogen-bond acceptors (Lipinski definition) is 3. The molecule has 14 heavy (non-hydrogen) atoms. The zero-order valence-corrected chi connectivity index (χ0v) is 10.7. The Morgan fingerprint density at radius 2 is 1.71 bits per heavy atom. The molecule has 0 spiro atoms. The van der Waals surface area contributed by atoms with Gasteiger partial charge in [-0.1, -0.05) is 20.8 Å². The third-order valence-electron chi connectivity index (χ3n) is 1.75. The number of hydrogen-bond donors (Lipinski definition) is 1. The van der Waals surface area contributed by atoms with Crippen LogP contribution in [0.25, 0.3) is 0 Å². The molecule has 0 aliphatic carbocycles. The summed E-state index contributed by atoms with van der Waals surface area (Å²) in [5.74, 6) is 0. The summed E-state index contributed by atoms with van der Waals surface area (Å²) in [6.07, 6.45) is 0. The van der Waals surface area contributed by atoms with Crippen molar-refractivity contribution in [2.75, 3.05) is 5.32 Å². The molecule has 0 unspecified atom stereocenters. The van der Waals surface area contributed by atoms with E-state index in [4.69, 9.17) is 0 Å². The lowest BCUT2D eigenvalue weighted by Gasteiger charge is -2.20. The molecular weight excluding hydrogens is 192 g/mol. The van der Waals surface area contributed by atoms with E-state index in [-0.39, 0.29) is 11.0 Å². The van der Waals surface area contributed by atoms with Gasteiger partial charge in [-0.2, -0.15) is 0 Å². The topological polar surface area (TPSA) is 24.9 Å². The lowest BCUT2D eigenvalue weighted by molar-refractivity contribution is 0.571. The van der Waals surface area contributed by atoms with E-state index in [2.05, 4.69) is 57.2 Å². The molecule has 3 heteroatoms. The summed E-state index contributed by atoms with van der Waals surface area (Å²) in [6, 6.07) is 0. The first-order valence-corrected chi connectivity index (χ1v) is 5.81. The highest BCUT2D eigenvalue weighted by atomic mass is 32.1. The molecule has 0 aliphatic rings. The van der Waals surface area contributed by atoms with Gasteiger partial charge >= 0.3 is 0 Å². The Morgan fingerprint density at radius 3 is 2.07 bits per heavy atom. The van der Waals surface area contributed by atoms with Gasteiger partial charge in [0.05, 0.1) is 5.69 Å². The molecule has 1 aromatic rings. The Kier molecular flexibility index (Phi) is 2.91.